The third kappa shape index (κ3) is 6.06. The maximum absolute atomic E-state index is 11.1. The van der Waals surface area contributed by atoms with Crippen molar-refractivity contribution in [2.24, 2.45) is 5.41 Å². The predicted octanol–water partition coefficient (Wildman–Crippen LogP) is 0.338. The number of ether oxygens (including phenoxy) is 2. The number of methoxy groups -OCH3 is 2. The molecule has 5 nitrogen and oxygen atoms in total. The van der Waals surface area contributed by atoms with E-state index < -0.39 is 11.9 Å². The van der Waals surface area contributed by atoms with Crippen molar-refractivity contribution >= 4 is 11.9 Å². The van der Waals surface area contributed by atoms with E-state index >= 15 is 0 Å². The molecule has 0 aliphatic rings. The topological polar surface area (TPSA) is 64.6 Å². The zero-order chi connectivity index (χ0) is 11.9. The van der Waals surface area contributed by atoms with Gasteiger partial charge in [-0.05, 0) is 11.8 Å². The fourth-order valence-corrected chi connectivity index (χ4v) is 0.951. The van der Waals surface area contributed by atoms with Crippen LogP contribution in [0.2, 0.25) is 0 Å². The first-order valence-corrected chi connectivity index (χ1v) is 4.78. The molecule has 0 bridgehead atoms. The highest BCUT2D eigenvalue weighted by atomic mass is 16.5. The zero-order valence-corrected chi connectivity index (χ0v) is 9.75. The standard InChI is InChI=1S/C10H19NO4/c1-10(2,5-6-14-3)7-11-8(12)9(13)15-4/h5-7H2,1-4H3,(H,11,12). The molecule has 0 rings (SSSR count). The number of hydrogen-bond acceptors (Lipinski definition) is 4. The Bertz CT molecular complexity index is 225. The zero-order valence-electron chi connectivity index (χ0n) is 9.75. The lowest BCUT2D eigenvalue weighted by Gasteiger charge is -2.24. The number of esters is 1. The molecule has 0 radical (unpaired) electrons. The first-order valence-electron chi connectivity index (χ1n) is 4.78. The lowest BCUT2D eigenvalue weighted by atomic mass is 9.90. The molecule has 0 atom stereocenters. The van der Waals surface area contributed by atoms with Gasteiger partial charge in [0.25, 0.3) is 0 Å². The smallest absolute Gasteiger partial charge is 0.396 e. The molecule has 1 N–H and O–H groups in total. The second kappa shape index (κ2) is 6.40. The van der Waals surface area contributed by atoms with Crippen molar-refractivity contribution in [3.8, 4) is 0 Å². The Balaban J connectivity index is 3.92. The van der Waals surface area contributed by atoms with Gasteiger partial charge in [0, 0.05) is 20.3 Å². The Morgan fingerprint density at radius 2 is 1.87 bits per heavy atom. The van der Waals surface area contributed by atoms with Gasteiger partial charge in [-0.15, -0.1) is 0 Å². The van der Waals surface area contributed by atoms with Gasteiger partial charge in [-0.25, -0.2) is 4.79 Å². The Kier molecular flexibility index (Phi) is 5.93. The molecule has 0 aliphatic carbocycles. The van der Waals surface area contributed by atoms with Crippen LogP contribution in [0.4, 0.5) is 0 Å². The Labute approximate surface area is 90.1 Å². The summed E-state index contributed by atoms with van der Waals surface area (Å²) in [7, 11) is 2.81. The minimum absolute atomic E-state index is 0.0975. The molecule has 1 amide bonds. The van der Waals surface area contributed by atoms with E-state index in [4.69, 9.17) is 4.74 Å². The third-order valence-electron chi connectivity index (χ3n) is 2.08. The highest BCUT2D eigenvalue weighted by molar-refractivity contribution is 6.32. The summed E-state index contributed by atoms with van der Waals surface area (Å²) in [6.07, 6.45) is 0.810. The van der Waals surface area contributed by atoms with Crippen LogP contribution in [0.1, 0.15) is 20.3 Å². The fraction of sp³-hybridized carbons (Fsp3) is 0.800. The summed E-state index contributed by atoms with van der Waals surface area (Å²) in [5.74, 6) is -1.57. The number of amides is 1. The summed E-state index contributed by atoms with van der Waals surface area (Å²) in [6, 6.07) is 0. The van der Waals surface area contributed by atoms with Crippen molar-refractivity contribution in [3.63, 3.8) is 0 Å². The highest BCUT2D eigenvalue weighted by Gasteiger charge is 2.21. The van der Waals surface area contributed by atoms with Gasteiger partial charge in [0.15, 0.2) is 0 Å². The Morgan fingerprint density at radius 1 is 1.27 bits per heavy atom. The number of nitrogens with one attached hydrogen (secondary N) is 1. The average Bonchev–Trinajstić information content (AvgIpc) is 2.22. The van der Waals surface area contributed by atoms with E-state index in [0.717, 1.165) is 6.42 Å². The van der Waals surface area contributed by atoms with Gasteiger partial charge in [0.05, 0.1) is 7.11 Å². The molecule has 0 saturated heterocycles. The summed E-state index contributed by atoms with van der Waals surface area (Å²) in [5, 5.41) is 2.51. The van der Waals surface area contributed by atoms with Crippen molar-refractivity contribution in [2.45, 2.75) is 20.3 Å². The minimum Gasteiger partial charge on any atom is -0.462 e. The lowest BCUT2D eigenvalue weighted by Crippen LogP contribution is -2.38. The molecule has 5 heteroatoms. The van der Waals surface area contributed by atoms with Gasteiger partial charge in [0.2, 0.25) is 0 Å². The second-order valence-electron chi connectivity index (χ2n) is 4.08. The molecule has 0 aromatic heterocycles. The van der Waals surface area contributed by atoms with Crippen LogP contribution in [-0.4, -0.2) is 39.2 Å². The van der Waals surface area contributed by atoms with Crippen molar-refractivity contribution in [1.29, 1.82) is 0 Å². The van der Waals surface area contributed by atoms with Crippen LogP contribution < -0.4 is 5.32 Å². The van der Waals surface area contributed by atoms with Crippen LogP contribution in [0.15, 0.2) is 0 Å². The molecule has 0 aromatic rings. The van der Waals surface area contributed by atoms with E-state index in [1.807, 2.05) is 13.8 Å². The van der Waals surface area contributed by atoms with Gasteiger partial charge in [-0.2, -0.15) is 0 Å². The molecular formula is C10H19NO4. The van der Waals surface area contributed by atoms with Crippen molar-refractivity contribution in [1.82, 2.24) is 5.32 Å². The van der Waals surface area contributed by atoms with Crippen LogP contribution in [0, 0.1) is 5.41 Å². The van der Waals surface area contributed by atoms with Crippen molar-refractivity contribution < 1.29 is 19.1 Å². The Hall–Kier alpha value is -1.10. The van der Waals surface area contributed by atoms with Gasteiger partial charge in [0.1, 0.15) is 0 Å². The first kappa shape index (κ1) is 13.9. The molecular weight excluding hydrogens is 198 g/mol. The van der Waals surface area contributed by atoms with E-state index in [1.165, 1.54) is 7.11 Å². The number of hydrogen-bond donors (Lipinski definition) is 1. The van der Waals surface area contributed by atoms with Gasteiger partial charge < -0.3 is 14.8 Å². The molecule has 0 unspecified atom stereocenters. The van der Waals surface area contributed by atoms with E-state index in [0.29, 0.717) is 13.2 Å². The van der Waals surface area contributed by atoms with Gasteiger partial charge in [-0.3, -0.25) is 4.79 Å². The quantitative estimate of drug-likeness (QED) is 0.532. The average molecular weight is 217 g/mol. The maximum Gasteiger partial charge on any atom is 0.396 e. The van der Waals surface area contributed by atoms with Crippen LogP contribution in [0.5, 0.6) is 0 Å². The summed E-state index contributed by atoms with van der Waals surface area (Å²) in [6.45, 7) is 5.03. The van der Waals surface area contributed by atoms with E-state index in [2.05, 4.69) is 10.1 Å². The molecule has 88 valence electrons. The van der Waals surface area contributed by atoms with E-state index in [9.17, 15) is 9.59 Å². The van der Waals surface area contributed by atoms with Gasteiger partial charge in [-0.1, -0.05) is 13.8 Å². The monoisotopic (exact) mass is 217 g/mol. The molecule has 0 heterocycles. The minimum atomic E-state index is -0.863. The highest BCUT2D eigenvalue weighted by Crippen LogP contribution is 2.18. The normalized spacial score (nSPS) is 10.9. The molecule has 0 saturated carbocycles. The summed E-state index contributed by atoms with van der Waals surface area (Å²) < 4.78 is 9.23. The summed E-state index contributed by atoms with van der Waals surface area (Å²) in [4.78, 5) is 21.9. The van der Waals surface area contributed by atoms with Crippen molar-refractivity contribution in [2.75, 3.05) is 27.4 Å². The van der Waals surface area contributed by atoms with Crippen molar-refractivity contribution in [3.05, 3.63) is 0 Å². The molecule has 0 aliphatic heterocycles. The van der Waals surface area contributed by atoms with Gasteiger partial charge >= 0.3 is 11.9 Å². The summed E-state index contributed by atoms with van der Waals surface area (Å²) >= 11 is 0. The van der Waals surface area contributed by atoms with E-state index in [1.54, 1.807) is 7.11 Å². The number of carbonyl (C=O) groups is 2. The predicted molar refractivity (Wildman–Crippen MR) is 55.3 cm³/mol. The number of rotatable bonds is 5. The number of carbonyl (C=O) groups excluding carboxylic acids is 2. The lowest BCUT2D eigenvalue weighted by molar-refractivity contribution is -0.152. The maximum atomic E-state index is 11.1. The van der Waals surface area contributed by atoms with E-state index in [-0.39, 0.29) is 5.41 Å². The summed E-state index contributed by atoms with van der Waals surface area (Å²) in [5.41, 5.74) is -0.0975. The third-order valence-corrected chi connectivity index (χ3v) is 2.08. The molecule has 0 fully saturated rings. The molecule has 0 spiro atoms. The second-order valence-corrected chi connectivity index (χ2v) is 4.08. The van der Waals surface area contributed by atoms with Crippen LogP contribution in [0.25, 0.3) is 0 Å². The fourth-order valence-electron chi connectivity index (χ4n) is 0.951. The largest absolute Gasteiger partial charge is 0.462 e. The first-order chi connectivity index (χ1) is 6.93. The van der Waals surface area contributed by atoms with Crippen LogP contribution >= 0.6 is 0 Å². The molecule has 0 aromatic carbocycles. The Morgan fingerprint density at radius 3 is 2.33 bits per heavy atom. The van der Waals surface area contributed by atoms with Crippen LogP contribution in [0.3, 0.4) is 0 Å². The van der Waals surface area contributed by atoms with Crippen LogP contribution in [-0.2, 0) is 19.1 Å². The molecule has 15 heavy (non-hydrogen) atoms. The SMILES string of the molecule is COCCC(C)(C)CNC(=O)C(=O)OC.